The van der Waals surface area contributed by atoms with Gasteiger partial charge in [0.2, 0.25) is 5.88 Å². The number of ether oxygens (including phenoxy) is 4. The van der Waals surface area contributed by atoms with Crippen molar-refractivity contribution >= 4 is 45.8 Å². The second kappa shape index (κ2) is 13.4. The summed E-state index contributed by atoms with van der Waals surface area (Å²) < 4.78 is 77.8. The molecule has 1 N–H and O–H groups in total. The number of piperazine rings is 1. The number of likely N-dealkylation sites (tertiary alicyclic amines) is 1. The number of rotatable bonds is 6. The minimum atomic E-state index is -0.974. The summed E-state index contributed by atoms with van der Waals surface area (Å²) in [4.78, 5) is 41.2. The molecule has 3 unspecified atom stereocenters. The largest absolute Gasteiger partial charge is 0.461 e. The summed E-state index contributed by atoms with van der Waals surface area (Å²) in [6.45, 7) is 12.7. The SMILES string of the molecule is CC(C)(C)OC(=O)Nc1cc2c(-c3c4c(c5c(N6C7CC6CN(C(=O)OC(C)(C)C)C7)nc(OC[C@@]67CCCN6CC(F)C7)nc5c3F)COC4)c(F)ccc2o1. The number of nitrogens with zero attached hydrogens (tertiary/aromatic N) is 5. The standard InChI is InChI=1S/C41H47F3N6O7/c1-39(2,3)56-37(51)45-29-13-24-28(55-29)9-8-27(43)30(24)31-25-18-53-19-26(25)32-34(33(31)44)46-36(54-20-41-10-7-11-49(41)15-21(42)14-41)47-35(32)50-22-12-23(50)17-48(16-22)38(52)57-40(4,5)6/h8-9,13,21-23H,7,10-12,14-20H2,1-6H3,(H,45,51)/t21?,22?,23?,41-/m0/s1. The van der Waals surface area contributed by atoms with Crippen LogP contribution in [-0.2, 0) is 27.4 Å². The molecule has 0 radical (unpaired) electrons. The number of benzene rings is 2. The average molecular weight is 793 g/mol. The monoisotopic (exact) mass is 792 g/mol. The van der Waals surface area contributed by atoms with Crippen LogP contribution in [-0.4, -0.2) is 99.7 Å². The third-order valence-corrected chi connectivity index (χ3v) is 11.6. The Hall–Kier alpha value is -4.83. The first-order chi connectivity index (χ1) is 27.0. The van der Waals surface area contributed by atoms with Gasteiger partial charge in [-0.3, -0.25) is 10.2 Å². The molecule has 2 aromatic heterocycles. The van der Waals surface area contributed by atoms with Crippen LogP contribution in [0.1, 0.15) is 78.4 Å². The van der Waals surface area contributed by atoms with Crippen molar-refractivity contribution in [3.63, 3.8) is 0 Å². The molecule has 5 aliphatic heterocycles. The molecule has 0 spiro atoms. The third kappa shape index (κ3) is 6.67. The topological polar surface area (TPSA) is 132 Å². The van der Waals surface area contributed by atoms with E-state index in [4.69, 9.17) is 28.3 Å². The van der Waals surface area contributed by atoms with E-state index in [1.807, 2.05) is 20.8 Å². The Kier molecular flexibility index (Phi) is 8.85. The summed E-state index contributed by atoms with van der Waals surface area (Å²) >= 11 is 0. The highest BCUT2D eigenvalue weighted by molar-refractivity contribution is 6.04. The van der Waals surface area contributed by atoms with Gasteiger partial charge in [0.25, 0.3) is 0 Å². The van der Waals surface area contributed by atoms with E-state index >= 15 is 8.78 Å². The van der Waals surface area contributed by atoms with Crippen LogP contribution in [0.15, 0.2) is 22.6 Å². The predicted octanol–water partition coefficient (Wildman–Crippen LogP) is 7.85. The molecule has 2 aromatic carbocycles. The number of aromatic nitrogens is 2. The molecule has 0 aliphatic carbocycles. The Morgan fingerprint density at radius 1 is 0.982 bits per heavy atom. The van der Waals surface area contributed by atoms with Gasteiger partial charge in [0.15, 0.2) is 5.82 Å². The van der Waals surface area contributed by atoms with Crippen molar-refractivity contribution in [1.82, 2.24) is 19.8 Å². The normalized spacial score (nSPS) is 24.5. The highest BCUT2D eigenvalue weighted by Crippen LogP contribution is 2.49. The number of halogens is 3. The number of hydrogen-bond acceptors (Lipinski definition) is 11. The number of anilines is 2. The van der Waals surface area contributed by atoms with Gasteiger partial charge in [0.05, 0.1) is 36.2 Å². The van der Waals surface area contributed by atoms with Crippen LogP contribution in [0, 0.1) is 11.6 Å². The van der Waals surface area contributed by atoms with Gasteiger partial charge in [0.1, 0.15) is 46.7 Å². The van der Waals surface area contributed by atoms with Gasteiger partial charge in [0, 0.05) is 48.6 Å². The minimum Gasteiger partial charge on any atom is -0.461 e. The maximum absolute atomic E-state index is 17.7. The molecule has 4 fully saturated rings. The molecule has 57 heavy (non-hydrogen) atoms. The average Bonchev–Trinajstić information content (AvgIpc) is 3.90. The Balaban J connectivity index is 1.16. The Morgan fingerprint density at radius 2 is 1.72 bits per heavy atom. The van der Waals surface area contributed by atoms with Crippen LogP contribution in [0.3, 0.4) is 0 Å². The molecule has 0 saturated carbocycles. The highest BCUT2D eigenvalue weighted by Gasteiger charge is 2.51. The molecule has 13 nitrogen and oxygen atoms in total. The van der Waals surface area contributed by atoms with Crippen LogP contribution in [0.4, 0.5) is 34.5 Å². The second-order valence-corrected chi connectivity index (χ2v) is 18.0. The number of carbonyl (C=O) groups is 2. The molecule has 4 saturated heterocycles. The predicted molar refractivity (Wildman–Crippen MR) is 204 cm³/mol. The number of piperidine rings is 1. The number of amides is 2. The fraction of sp³-hybridized carbons (Fsp3) is 0.561. The summed E-state index contributed by atoms with van der Waals surface area (Å²) in [5, 5.41) is 3.20. The lowest BCUT2D eigenvalue weighted by Gasteiger charge is -2.56. The van der Waals surface area contributed by atoms with Crippen molar-refractivity contribution in [3.05, 3.63) is 41.0 Å². The number of furan rings is 1. The van der Waals surface area contributed by atoms with Gasteiger partial charge in [-0.05, 0) is 90.6 Å². The van der Waals surface area contributed by atoms with E-state index in [9.17, 15) is 14.0 Å². The van der Waals surface area contributed by atoms with Crippen molar-refractivity contribution in [2.75, 3.05) is 43.0 Å². The van der Waals surface area contributed by atoms with Crippen LogP contribution in [0.25, 0.3) is 33.0 Å². The van der Waals surface area contributed by atoms with Crippen LogP contribution in [0.2, 0.25) is 0 Å². The zero-order valence-electron chi connectivity index (χ0n) is 33.0. The van der Waals surface area contributed by atoms with Crippen molar-refractivity contribution in [2.45, 2.75) is 115 Å². The van der Waals surface area contributed by atoms with Crippen LogP contribution >= 0.6 is 0 Å². The van der Waals surface area contributed by atoms with Gasteiger partial charge >= 0.3 is 18.2 Å². The van der Waals surface area contributed by atoms with Crippen molar-refractivity contribution < 1.29 is 46.1 Å². The maximum atomic E-state index is 17.7. The van der Waals surface area contributed by atoms with Gasteiger partial charge in [-0.25, -0.2) is 22.8 Å². The van der Waals surface area contributed by atoms with Gasteiger partial charge in [-0.15, -0.1) is 0 Å². The van der Waals surface area contributed by atoms with E-state index in [2.05, 4.69) is 20.1 Å². The molecule has 4 atom stereocenters. The molecule has 2 bridgehead atoms. The molecule has 9 rings (SSSR count). The zero-order chi connectivity index (χ0) is 40.2. The molecule has 304 valence electrons. The molecule has 16 heteroatoms. The lowest BCUT2D eigenvalue weighted by molar-refractivity contribution is 0.00841. The van der Waals surface area contributed by atoms with E-state index in [0.29, 0.717) is 48.4 Å². The summed E-state index contributed by atoms with van der Waals surface area (Å²) in [5.74, 6) is -1.09. The Morgan fingerprint density at radius 3 is 2.46 bits per heavy atom. The van der Waals surface area contributed by atoms with E-state index < -0.39 is 46.7 Å². The van der Waals surface area contributed by atoms with Gasteiger partial charge in [-0.2, -0.15) is 9.97 Å². The molecular formula is C41H47F3N6O7. The lowest BCUT2D eigenvalue weighted by atomic mass is 9.86. The molecule has 4 aromatic rings. The summed E-state index contributed by atoms with van der Waals surface area (Å²) in [5.41, 5.74) is -0.888. The first kappa shape index (κ1) is 37.7. The Bertz CT molecular complexity index is 2290. The third-order valence-electron chi connectivity index (χ3n) is 11.6. The quantitative estimate of drug-likeness (QED) is 0.205. The fourth-order valence-electron chi connectivity index (χ4n) is 9.39. The molecule has 5 aliphatic rings. The van der Waals surface area contributed by atoms with E-state index in [1.54, 1.807) is 25.7 Å². The Labute approximate surface area is 327 Å². The number of hydrogen-bond donors (Lipinski definition) is 1. The summed E-state index contributed by atoms with van der Waals surface area (Å²) in [6, 6.07) is 3.66. The number of alkyl halides is 1. The molecular weight excluding hydrogens is 745 g/mol. The van der Waals surface area contributed by atoms with Crippen molar-refractivity contribution in [2.24, 2.45) is 0 Å². The van der Waals surface area contributed by atoms with Gasteiger partial charge < -0.3 is 33.2 Å². The number of fused-ring (bicyclic) bond motifs is 7. The highest BCUT2D eigenvalue weighted by atomic mass is 19.1. The second-order valence-electron chi connectivity index (χ2n) is 18.0. The lowest BCUT2D eigenvalue weighted by Crippen LogP contribution is -2.70. The molecule has 2 amide bonds. The van der Waals surface area contributed by atoms with Crippen molar-refractivity contribution in [3.8, 4) is 17.1 Å². The maximum Gasteiger partial charge on any atom is 0.414 e. The fourth-order valence-corrected chi connectivity index (χ4v) is 9.39. The zero-order valence-corrected chi connectivity index (χ0v) is 33.0. The summed E-state index contributed by atoms with van der Waals surface area (Å²) in [6.07, 6.45) is 0.633. The summed E-state index contributed by atoms with van der Waals surface area (Å²) in [7, 11) is 0. The first-order valence-corrected chi connectivity index (χ1v) is 19.6. The smallest absolute Gasteiger partial charge is 0.414 e. The van der Waals surface area contributed by atoms with Crippen molar-refractivity contribution in [1.29, 1.82) is 0 Å². The first-order valence-electron chi connectivity index (χ1n) is 19.6. The number of carbonyl (C=O) groups excluding carboxylic acids is 2. The van der Waals surface area contributed by atoms with E-state index in [0.717, 1.165) is 25.8 Å². The van der Waals surface area contributed by atoms with Gasteiger partial charge in [-0.1, -0.05) is 0 Å². The van der Waals surface area contributed by atoms with E-state index in [-0.39, 0.29) is 71.4 Å². The minimum absolute atomic E-state index is 0.00601. The van der Waals surface area contributed by atoms with E-state index in [1.165, 1.54) is 18.2 Å². The number of nitrogens with one attached hydrogen (secondary N) is 1. The van der Waals surface area contributed by atoms with Crippen LogP contribution < -0.4 is 15.0 Å². The van der Waals surface area contributed by atoms with Crippen LogP contribution in [0.5, 0.6) is 6.01 Å². The molecule has 7 heterocycles.